The summed E-state index contributed by atoms with van der Waals surface area (Å²) in [6.07, 6.45) is 4.32. The predicted molar refractivity (Wildman–Crippen MR) is 60.8 cm³/mol. The number of likely N-dealkylation sites (N-methyl/N-ethyl adjacent to an activating group) is 1. The SMILES string of the molecule is CC1=C(c2ccccc2)C=CN(C)C1. The molecule has 0 saturated heterocycles. The Morgan fingerprint density at radius 1 is 1.14 bits per heavy atom. The van der Waals surface area contributed by atoms with Crippen molar-refractivity contribution in [2.45, 2.75) is 6.92 Å². The van der Waals surface area contributed by atoms with Gasteiger partial charge in [0.25, 0.3) is 0 Å². The summed E-state index contributed by atoms with van der Waals surface area (Å²) < 4.78 is 0. The van der Waals surface area contributed by atoms with E-state index in [0.29, 0.717) is 0 Å². The lowest BCUT2D eigenvalue weighted by Gasteiger charge is -2.21. The van der Waals surface area contributed by atoms with Gasteiger partial charge >= 0.3 is 0 Å². The van der Waals surface area contributed by atoms with E-state index in [1.807, 2.05) is 0 Å². The molecule has 1 aromatic carbocycles. The second-order valence-electron chi connectivity index (χ2n) is 3.79. The molecular weight excluding hydrogens is 170 g/mol. The first-order chi connectivity index (χ1) is 6.77. The fourth-order valence-corrected chi connectivity index (χ4v) is 1.82. The van der Waals surface area contributed by atoms with Crippen LogP contribution in [0.5, 0.6) is 0 Å². The zero-order chi connectivity index (χ0) is 9.97. The third kappa shape index (κ3) is 1.72. The second-order valence-corrected chi connectivity index (χ2v) is 3.79. The molecule has 0 bridgehead atoms. The maximum absolute atomic E-state index is 2.20. The summed E-state index contributed by atoms with van der Waals surface area (Å²) in [5.41, 5.74) is 4.11. The van der Waals surface area contributed by atoms with Crippen molar-refractivity contribution in [2.24, 2.45) is 0 Å². The molecule has 0 N–H and O–H groups in total. The molecule has 0 spiro atoms. The average Bonchev–Trinajstić information content (AvgIpc) is 2.19. The molecule has 14 heavy (non-hydrogen) atoms. The van der Waals surface area contributed by atoms with E-state index in [2.05, 4.69) is 61.5 Å². The van der Waals surface area contributed by atoms with E-state index in [0.717, 1.165) is 6.54 Å². The minimum Gasteiger partial charge on any atom is -0.376 e. The molecule has 72 valence electrons. The van der Waals surface area contributed by atoms with Crippen molar-refractivity contribution in [3.05, 3.63) is 53.7 Å². The van der Waals surface area contributed by atoms with Crippen LogP contribution in [0.4, 0.5) is 0 Å². The van der Waals surface area contributed by atoms with Gasteiger partial charge in [0.2, 0.25) is 0 Å². The van der Waals surface area contributed by atoms with Crippen LogP contribution in [0.25, 0.3) is 5.57 Å². The summed E-state index contributed by atoms with van der Waals surface area (Å²) in [4.78, 5) is 2.20. The Morgan fingerprint density at radius 2 is 1.86 bits per heavy atom. The monoisotopic (exact) mass is 185 g/mol. The molecule has 1 heteroatoms. The quantitative estimate of drug-likeness (QED) is 0.650. The van der Waals surface area contributed by atoms with Crippen LogP contribution in [-0.2, 0) is 0 Å². The lowest BCUT2D eigenvalue weighted by molar-refractivity contribution is 0.492. The smallest absolute Gasteiger partial charge is 0.0386 e. The van der Waals surface area contributed by atoms with Gasteiger partial charge < -0.3 is 4.90 Å². The van der Waals surface area contributed by atoms with Gasteiger partial charge in [0.1, 0.15) is 0 Å². The molecule has 0 aromatic heterocycles. The van der Waals surface area contributed by atoms with Gasteiger partial charge in [-0.1, -0.05) is 30.3 Å². The van der Waals surface area contributed by atoms with Gasteiger partial charge in [-0.3, -0.25) is 0 Å². The number of hydrogen-bond donors (Lipinski definition) is 0. The molecular formula is C13H15N. The van der Waals surface area contributed by atoms with Gasteiger partial charge in [-0.15, -0.1) is 0 Å². The van der Waals surface area contributed by atoms with Crippen molar-refractivity contribution < 1.29 is 0 Å². The second kappa shape index (κ2) is 3.70. The van der Waals surface area contributed by atoms with Crippen molar-refractivity contribution in [2.75, 3.05) is 13.6 Å². The highest BCUT2D eigenvalue weighted by atomic mass is 15.1. The van der Waals surface area contributed by atoms with E-state index in [1.165, 1.54) is 16.7 Å². The van der Waals surface area contributed by atoms with Crippen molar-refractivity contribution in [3.8, 4) is 0 Å². The Bertz CT molecular complexity index is 373. The molecule has 0 unspecified atom stereocenters. The molecule has 0 saturated carbocycles. The summed E-state index contributed by atoms with van der Waals surface area (Å²) in [6, 6.07) is 10.5. The fourth-order valence-electron chi connectivity index (χ4n) is 1.82. The zero-order valence-electron chi connectivity index (χ0n) is 8.70. The minimum absolute atomic E-state index is 1.03. The van der Waals surface area contributed by atoms with Crippen LogP contribution < -0.4 is 0 Å². The van der Waals surface area contributed by atoms with Crippen molar-refractivity contribution in [1.29, 1.82) is 0 Å². The Kier molecular flexibility index (Phi) is 2.40. The molecule has 1 nitrogen and oxygen atoms in total. The third-order valence-corrected chi connectivity index (χ3v) is 2.53. The number of benzene rings is 1. The summed E-state index contributed by atoms with van der Waals surface area (Å²) in [7, 11) is 2.10. The first-order valence-corrected chi connectivity index (χ1v) is 4.91. The maximum atomic E-state index is 2.20. The van der Waals surface area contributed by atoms with Gasteiger partial charge in [-0.25, -0.2) is 0 Å². The third-order valence-electron chi connectivity index (χ3n) is 2.53. The van der Waals surface area contributed by atoms with Crippen LogP contribution >= 0.6 is 0 Å². The summed E-state index contributed by atoms with van der Waals surface area (Å²) in [5, 5.41) is 0. The van der Waals surface area contributed by atoms with Gasteiger partial charge in [-0.2, -0.15) is 0 Å². The highest BCUT2D eigenvalue weighted by Gasteiger charge is 2.08. The van der Waals surface area contributed by atoms with Gasteiger partial charge in [0.05, 0.1) is 0 Å². The first-order valence-electron chi connectivity index (χ1n) is 4.91. The van der Waals surface area contributed by atoms with Crippen LogP contribution in [0.15, 0.2) is 48.2 Å². The molecule has 0 fully saturated rings. The molecule has 0 aliphatic carbocycles. The molecule has 0 radical (unpaired) electrons. The highest BCUT2D eigenvalue weighted by molar-refractivity contribution is 5.77. The largest absolute Gasteiger partial charge is 0.376 e. The predicted octanol–water partition coefficient (Wildman–Crippen LogP) is 2.92. The highest BCUT2D eigenvalue weighted by Crippen LogP contribution is 2.23. The Balaban J connectivity index is 2.37. The topological polar surface area (TPSA) is 3.24 Å². The van der Waals surface area contributed by atoms with Crippen molar-refractivity contribution >= 4 is 5.57 Å². The normalized spacial score (nSPS) is 16.3. The first kappa shape index (κ1) is 9.07. The lowest BCUT2D eigenvalue weighted by Crippen LogP contribution is -2.17. The zero-order valence-corrected chi connectivity index (χ0v) is 8.70. The van der Waals surface area contributed by atoms with Crippen LogP contribution in [0.3, 0.4) is 0 Å². The number of hydrogen-bond acceptors (Lipinski definition) is 1. The number of rotatable bonds is 1. The van der Waals surface area contributed by atoms with E-state index in [4.69, 9.17) is 0 Å². The van der Waals surface area contributed by atoms with E-state index >= 15 is 0 Å². The van der Waals surface area contributed by atoms with E-state index in [1.54, 1.807) is 0 Å². The molecule has 1 heterocycles. The average molecular weight is 185 g/mol. The number of nitrogens with zero attached hydrogens (tertiary/aromatic N) is 1. The van der Waals surface area contributed by atoms with Crippen LogP contribution in [0.2, 0.25) is 0 Å². The Labute approximate surface area is 85.4 Å². The van der Waals surface area contributed by atoms with Gasteiger partial charge in [0, 0.05) is 13.6 Å². The Hall–Kier alpha value is -1.50. The van der Waals surface area contributed by atoms with Gasteiger partial charge in [-0.05, 0) is 35.9 Å². The van der Waals surface area contributed by atoms with Crippen molar-refractivity contribution in [1.82, 2.24) is 4.90 Å². The Morgan fingerprint density at radius 3 is 2.50 bits per heavy atom. The summed E-state index contributed by atoms with van der Waals surface area (Å²) in [6.45, 7) is 3.23. The number of allylic oxidation sites excluding steroid dienone is 2. The molecule has 1 aliphatic heterocycles. The van der Waals surface area contributed by atoms with E-state index in [9.17, 15) is 0 Å². The summed E-state index contributed by atoms with van der Waals surface area (Å²) in [5.74, 6) is 0. The fraction of sp³-hybridized carbons (Fsp3) is 0.231. The summed E-state index contributed by atoms with van der Waals surface area (Å²) >= 11 is 0. The van der Waals surface area contributed by atoms with Crippen molar-refractivity contribution in [3.63, 3.8) is 0 Å². The molecule has 1 aromatic rings. The lowest BCUT2D eigenvalue weighted by atomic mass is 9.98. The minimum atomic E-state index is 1.03. The standard InChI is InChI=1S/C13H15N/c1-11-10-14(2)9-8-13(11)12-6-4-3-5-7-12/h3-9H,10H2,1-2H3. The molecule has 0 amide bonds. The van der Waals surface area contributed by atoms with Crippen LogP contribution in [-0.4, -0.2) is 18.5 Å². The van der Waals surface area contributed by atoms with E-state index < -0.39 is 0 Å². The van der Waals surface area contributed by atoms with Gasteiger partial charge in [0.15, 0.2) is 0 Å². The maximum Gasteiger partial charge on any atom is 0.0386 e. The molecule has 2 rings (SSSR count). The molecule has 1 aliphatic rings. The molecule has 0 atom stereocenters. The van der Waals surface area contributed by atoms with Crippen LogP contribution in [0, 0.1) is 0 Å². The van der Waals surface area contributed by atoms with E-state index in [-0.39, 0.29) is 0 Å². The van der Waals surface area contributed by atoms with Crippen LogP contribution in [0.1, 0.15) is 12.5 Å².